The van der Waals surface area contributed by atoms with Crippen LogP contribution in [0.5, 0.6) is 0 Å². The first kappa shape index (κ1) is 29.5. The third-order valence-corrected chi connectivity index (χ3v) is 6.11. The maximum absolute atomic E-state index is 2.66. The lowest BCUT2D eigenvalue weighted by molar-refractivity contribution is 0.267. The summed E-state index contributed by atoms with van der Waals surface area (Å²) in [6.45, 7) is 8.52. The lowest BCUT2D eigenvalue weighted by Gasteiger charge is -2.20. The van der Waals surface area contributed by atoms with Crippen LogP contribution < -0.4 is 0 Å². The van der Waals surface area contributed by atoms with Crippen molar-refractivity contribution in [2.24, 2.45) is 0 Å². The second kappa shape index (κ2) is 23.1. The normalized spacial score (nSPS) is 11.0. The Morgan fingerprint density at radius 3 is 1.33 bits per heavy atom. The Hall–Kier alpha value is -0.530. The first-order valence-corrected chi connectivity index (χ1v) is 13.1. The summed E-state index contributed by atoms with van der Waals surface area (Å²) in [5.74, 6) is 0. The zero-order valence-electron chi connectivity index (χ0n) is 20.4. The van der Waals surface area contributed by atoms with Gasteiger partial charge in [-0.15, -0.1) is 12.4 Å². The van der Waals surface area contributed by atoms with Crippen LogP contribution in [0.1, 0.15) is 122 Å². The minimum absolute atomic E-state index is 0. The van der Waals surface area contributed by atoms with Gasteiger partial charge in [0.2, 0.25) is 0 Å². The van der Waals surface area contributed by atoms with Gasteiger partial charge in [-0.25, -0.2) is 0 Å². The third kappa shape index (κ3) is 18.3. The second-order valence-electron chi connectivity index (χ2n) is 9.03. The monoisotopic (exact) mass is 437 g/mol. The van der Waals surface area contributed by atoms with E-state index in [1.54, 1.807) is 0 Å². The molecule has 0 aromatic heterocycles. The minimum atomic E-state index is 0. The zero-order chi connectivity index (χ0) is 20.8. The largest absolute Gasteiger partial charge is 0.303 e. The molecule has 0 aliphatic rings. The molecule has 0 saturated carbocycles. The van der Waals surface area contributed by atoms with E-state index in [1.807, 2.05) is 0 Å². The Kier molecular flexibility index (Phi) is 22.7. The van der Waals surface area contributed by atoms with E-state index in [1.165, 1.54) is 134 Å². The van der Waals surface area contributed by atoms with Crippen molar-refractivity contribution in [3.63, 3.8) is 0 Å². The van der Waals surface area contributed by atoms with E-state index in [2.05, 4.69) is 49.1 Å². The van der Waals surface area contributed by atoms with E-state index >= 15 is 0 Å². The van der Waals surface area contributed by atoms with Gasteiger partial charge in [-0.05, 0) is 57.3 Å². The van der Waals surface area contributed by atoms with Crippen molar-refractivity contribution < 1.29 is 0 Å². The van der Waals surface area contributed by atoms with Gasteiger partial charge in [0.25, 0.3) is 0 Å². The molecule has 176 valence electrons. The fourth-order valence-corrected chi connectivity index (χ4v) is 4.40. The molecular formula is C28H52ClN. The minimum Gasteiger partial charge on any atom is -0.303 e. The van der Waals surface area contributed by atoms with Crippen molar-refractivity contribution >= 4 is 12.4 Å². The molecule has 1 rings (SSSR count). The molecule has 0 heterocycles. The van der Waals surface area contributed by atoms with Crippen molar-refractivity contribution in [3.05, 3.63) is 35.9 Å². The predicted molar refractivity (Wildman–Crippen MR) is 139 cm³/mol. The number of unbranched alkanes of at least 4 members (excludes halogenated alkanes) is 13. The smallest absolute Gasteiger partial charge is 0.00187 e. The van der Waals surface area contributed by atoms with Gasteiger partial charge in [-0.2, -0.15) is 0 Å². The number of nitrogens with zero attached hydrogens (tertiary/aromatic N) is 1. The lowest BCUT2D eigenvalue weighted by Crippen LogP contribution is -2.26. The van der Waals surface area contributed by atoms with Crippen LogP contribution in [-0.2, 0) is 6.42 Å². The Labute approximate surface area is 195 Å². The van der Waals surface area contributed by atoms with Crippen LogP contribution in [0.25, 0.3) is 0 Å². The molecule has 30 heavy (non-hydrogen) atoms. The molecular weight excluding hydrogens is 386 g/mol. The Morgan fingerprint density at radius 1 is 0.500 bits per heavy atom. The molecule has 0 atom stereocenters. The maximum atomic E-state index is 2.66. The van der Waals surface area contributed by atoms with Crippen LogP contribution in [0.3, 0.4) is 0 Å². The van der Waals surface area contributed by atoms with Crippen molar-refractivity contribution in [2.75, 3.05) is 19.6 Å². The summed E-state index contributed by atoms with van der Waals surface area (Å²) in [5.41, 5.74) is 1.50. The summed E-state index contributed by atoms with van der Waals surface area (Å²) in [6, 6.07) is 10.9. The van der Waals surface area contributed by atoms with Gasteiger partial charge in [0.15, 0.2) is 0 Å². The van der Waals surface area contributed by atoms with Crippen LogP contribution >= 0.6 is 12.4 Å². The number of aryl methyl sites for hydroxylation is 1. The molecule has 0 unspecified atom stereocenters. The van der Waals surface area contributed by atoms with Crippen molar-refractivity contribution in [2.45, 2.75) is 123 Å². The van der Waals surface area contributed by atoms with E-state index in [0.717, 1.165) is 0 Å². The van der Waals surface area contributed by atoms with Gasteiger partial charge in [-0.3, -0.25) is 0 Å². The highest BCUT2D eigenvalue weighted by Crippen LogP contribution is 2.14. The maximum Gasteiger partial charge on any atom is -0.00187 e. The average Bonchev–Trinajstić information content (AvgIpc) is 2.74. The van der Waals surface area contributed by atoms with E-state index in [4.69, 9.17) is 0 Å². The Morgan fingerprint density at radius 2 is 0.900 bits per heavy atom. The van der Waals surface area contributed by atoms with Crippen LogP contribution in [0.2, 0.25) is 0 Å². The molecule has 0 aliphatic heterocycles. The Bertz CT molecular complexity index is 428. The highest BCUT2D eigenvalue weighted by atomic mass is 35.5. The molecule has 0 aliphatic carbocycles. The second-order valence-corrected chi connectivity index (χ2v) is 9.03. The zero-order valence-corrected chi connectivity index (χ0v) is 21.2. The van der Waals surface area contributed by atoms with Gasteiger partial charge < -0.3 is 4.90 Å². The first-order valence-electron chi connectivity index (χ1n) is 13.1. The summed E-state index contributed by atoms with van der Waals surface area (Å²) in [6.07, 6.45) is 24.0. The quantitative estimate of drug-likeness (QED) is 0.173. The third-order valence-electron chi connectivity index (χ3n) is 6.11. The summed E-state index contributed by atoms with van der Waals surface area (Å²) < 4.78 is 0. The fraction of sp³-hybridized carbons (Fsp3) is 0.786. The molecule has 0 N–H and O–H groups in total. The summed E-state index contributed by atoms with van der Waals surface area (Å²) in [7, 11) is 0. The highest BCUT2D eigenvalue weighted by molar-refractivity contribution is 5.85. The van der Waals surface area contributed by atoms with Crippen LogP contribution in [0, 0.1) is 0 Å². The molecule has 1 nitrogen and oxygen atoms in total. The van der Waals surface area contributed by atoms with Crippen LogP contribution in [0.15, 0.2) is 30.3 Å². The number of halogens is 1. The summed E-state index contributed by atoms with van der Waals surface area (Å²) >= 11 is 0. The van der Waals surface area contributed by atoms with Gasteiger partial charge in [0.1, 0.15) is 0 Å². The molecule has 1 aromatic rings. The molecule has 0 spiro atoms. The van der Waals surface area contributed by atoms with Crippen molar-refractivity contribution in [1.29, 1.82) is 0 Å². The average molecular weight is 438 g/mol. The van der Waals surface area contributed by atoms with Gasteiger partial charge in [0.05, 0.1) is 0 Å². The molecule has 0 saturated heterocycles. The van der Waals surface area contributed by atoms with Crippen molar-refractivity contribution in [3.8, 4) is 0 Å². The van der Waals surface area contributed by atoms with E-state index < -0.39 is 0 Å². The number of rotatable bonds is 21. The SMILES string of the molecule is CCCN(CCC)CCCCCCCCCCCCCCCCc1ccccc1.Cl. The Balaban J connectivity index is 0.00000841. The van der Waals surface area contributed by atoms with Gasteiger partial charge in [0, 0.05) is 0 Å². The predicted octanol–water partition coefficient (Wildman–Crippen LogP) is 9.23. The summed E-state index contributed by atoms with van der Waals surface area (Å²) in [5, 5.41) is 0. The van der Waals surface area contributed by atoms with E-state index in [-0.39, 0.29) is 12.4 Å². The van der Waals surface area contributed by atoms with Crippen molar-refractivity contribution in [1.82, 2.24) is 4.90 Å². The molecule has 0 radical (unpaired) electrons. The molecule has 0 fully saturated rings. The first-order chi connectivity index (χ1) is 14.4. The highest BCUT2D eigenvalue weighted by Gasteiger charge is 2.01. The number of hydrogen-bond acceptors (Lipinski definition) is 1. The fourth-order valence-electron chi connectivity index (χ4n) is 4.40. The standard InChI is InChI=1S/C28H51N.ClH/c1-3-25-29(26-4-2)27-21-16-14-12-10-8-6-5-7-9-11-13-15-18-22-28-23-19-17-20-24-28;/h17,19-20,23-24H,3-16,18,21-22,25-27H2,1-2H3;1H. The number of hydrogen-bond donors (Lipinski definition) is 0. The molecule has 1 aromatic carbocycles. The molecule has 2 heteroatoms. The number of benzene rings is 1. The topological polar surface area (TPSA) is 3.24 Å². The van der Waals surface area contributed by atoms with E-state index in [0.29, 0.717) is 0 Å². The lowest BCUT2D eigenvalue weighted by atomic mass is 10.0. The van der Waals surface area contributed by atoms with Gasteiger partial charge in [-0.1, -0.05) is 121 Å². The van der Waals surface area contributed by atoms with E-state index in [9.17, 15) is 0 Å². The van der Waals surface area contributed by atoms with Gasteiger partial charge >= 0.3 is 0 Å². The van der Waals surface area contributed by atoms with Crippen LogP contribution in [-0.4, -0.2) is 24.5 Å². The van der Waals surface area contributed by atoms with Crippen LogP contribution in [0.4, 0.5) is 0 Å². The molecule has 0 bridgehead atoms. The molecule has 0 amide bonds. The summed E-state index contributed by atoms with van der Waals surface area (Å²) in [4.78, 5) is 2.66.